The van der Waals surface area contributed by atoms with Gasteiger partial charge in [-0.1, -0.05) is 12.1 Å². The molecule has 0 aliphatic heterocycles. The maximum atomic E-state index is 13.4. The van der Waals surface area contributed by atoms with Gasteiger partial charge in [-0.15, -0.1) is 11.3 Å². The third kappa shape index (κ3) is 3.28. The number of carbonyl (C=O) groups is 1. The van der Waals surface area contributed by atoms with Crippen LogP contribution in [-0.4, -0.2) is 13.1 Å². The first-order chi connectivity index (χ1) is 9.97. The summed E-state index contributed by atoms with van der Waals surface area (Å²) in [5.41, 5.74) is -0.947. The maximum absolute atomic E-state index is 13.4. The predicted molar refractivity (Wildman–Crippen MR) is 76.9 cm³/mol. The Morgan fingerprint density at radius 3 is 2.67 bits per heavy atom. The Balaban J connectivity index is 2.31. The maximum Gasteiger partial charge on any atom is 0.330 e. The molecule has 0 aliphatic carbocycles. The van der Waals surface area contributed by atoms with E-state index in [0.717, 1.165) is 17.0 Å². The minimum Gasteiger partial charge on any atom is -0.467 e. The highest BCUT2D eigenvalue weighted by atomic mass is 32.1. The summed E-state index contributed by atoms with van der Waals surface area (Å²) in [6.07, 6.45) is 0. The Bertz CT molecular complexity index is 631. The lowest BCUT2D eigenvalue weighted by atomic mass is 9.91. The molecule has 0 bridgehead atoms. The highest BCUT2D eigenvalue weighted by Crippen LogP contribution is 2.25. The van der Waals surface area contributed by atoms with Gasteiger partial charge in [0.15, 0.2) is 11.6 Å². The van der Waals surface area contributed by atoms with Crippen molar-refractivity contribution in [3.63, 3.8) is 0 Å². The van der Waals surface area contributed by atoms with Gasteiger partial charge in [0.05, 0.1) is 7.11 Å². The van der Waals surface area contributed by atoms with Gasteiger partial charge in [-0.05, 0) is 36.1 Å². The highest BCUT2D eigenvalue weighted by molar-refractivity contribution is 7.09. The second kappa shape index (κ2) is 6.32. The molecule has 0 amide bonds. The quantitative estimate of drug-likeness (QED) is 0.862. The number of thiophene rings is 1. The number of esters is 1. The third-order valence-corrected chi connectivity index (χ3v) is 4.16. The lowest BCUT2D eigenvalue weighted by Crippen LogP contribution is -2.47. The van der Waals surface area contributed by atoms with E-state index in [1.165, 1.54) is 24.5 Å². The average Bonchev–Trinajstić information content (AvgIpc) is 3.00. The van der Waals surface area contributed by atoms with Crippen LogP contribution in [0.3, 0.4) is 0 Å². The van der Waals surface area contributed by atoms with Crippen molar-refractivity contribution in [3.8, 4) is 0 Å². The van der Waals surface area contributed by atoms with Crippen LogP contribution in [0.2, 0.25) is 0 Å². The first kappa shape index (κ1) is 15.6. The highest BCUT2D eigenvalue weighted by Gasteiger charge is 2.36. The molecule has 0 saturated carbocycles. The van der Waals surface area contributed by atoms with E-state index in [1.807, 2.05) is 17.5 Å². The molecule has 0 fully saturated rings. The summed E-state index contributed by atoms with van der Waals surface area (Å²) in [6, 6.07) is 7.19. The number of rotatable bonds is 5. The molecule has 1 atom stereocenters. The number of ether oxygens (including phenoxy) is 1. The van der Waals surface area contributed by atoms with Crippen LogP contribution >= 0.6 is 11.3 Å². The van der Waals surface area contributed by atoms with Crippen molar-refractivity contribution in [2.45, 2.75) is 19.0 Å². The number of hydrogen-bond donors (Lipinski definition) is 1. The number of nitrogens with one attached hydrogen (secondary N) is 1. The summed E-state index contributed by atoms with van der Waals surface area (Å²) >= 11 is 1.54. The lowest BCUT2D eigenvalue weighted by Gasteiger charge is -2.28. The van der Waals surface area contributed by atoms with Gasteiger partial charge in [-0.2, -0.15) is 0 Å². The van der Waals surface area contributed by atoms with Crippen molar-refractivity contribution in [1.82, 2.24) is 5.32 Å². The van der Waals surface area contributed by atoms with Gasteiger partial charge >= 0.3 is 5.97 Å². The Kier molecular flexibility index (Phi) is 4.69. The van der Waals surface area contributed by atoms with Gasteiger partial charge in [0, 0.05) is 11.4 Å². The van der Waals surface area contributed by atoms with Crippen LogP contribution in [0.4, 0.5) is 8.78 Å². The molecule has 6 heteroatoms. The first-order valence-corrected chi connectivity index (χ1v) is 7.16. The Hall–Kier alpha value is -1.79. The van der Waals surface area contributed by atoms with Gasteiger partial charge in [0.1, 0.15) is 5.54 Å². The van der Waals surface area contributed by atoms with Crippen LogP contribution in [0.5, 0.6) is 0 Å². The van der Waals surface area contributed by atoms with Crippen LogP contribution in [-0.2, 0) is 21.6 Å². The summed E-state index contributed by atoms with van der Waals surface area (Å²) in [5, 5.41) is 4.98. The van der Waals surface area contributed by atoms with Gasteiger partial charge in [-0.25, -0.2) is 13.6 Å². The van der Waals surface area contributed by atoms with Crippen molar-refractivity contribution in [3.05, 3.63) is 57.8 Å². The Morgan fingerprint density at radius 1 is 1.33 bits per heavy atom. The molecule has 1 aromatic carbocycles. The van der Waals surface area contributed by atoms with Gasteiger partial charge < -0.3 is 4.74 Å². The molecule has 2 rings (SSSR count). The number of benzene rings is 1. The standard InChI is InChI=1S/C15H15F2NO2S/c1-15(14(19)20-2,18-9-11-4-3-7-21-11)10-5-6-12(16)13(17)8-10/h3-8,18H,9H2,1-2H3. The van der Waals surface area contributed by atoms with Gasteiger partial charge in [-0.3, -0.25) is 5.32 Å². The first-order valence-electron chi connectivity index (χ1n) is 6.28. The van der Waals surface area contributed by atoms with Crippen LogP contribution in [0.15, 0.2) is 35.7 Å². The zero-order valence-electron chi connectivity index (χ0n) is 11.7. The average molecular weight is 311 g/mol. The minimum absolute atomic E-state index is 0.310. The van der Waals surface area contributed by atoms with E-state index in [4.69, 9.17) is 4.74 Å². The fourth-order valence-corrected chi connectivity index (χ4v) is 2.62. The minimum atomic E-state index is -1.26. The molecule has 0 radical (unpaired) electrons. The van der Waals surface area contributed by atoms with E-state index in [-0.39, 0.29) is 0 Å². The van der Waals surface area contributed by atoms with Crippen LogP contribution < -0.4 is 5.32 Å². The molecule has 0 spiro atoms. The van der Waals surface area contributed by atoms with E-state index in [2.05, 4.69) is 5.32 Å². The fraction of sp³-hybridized carbons (Fsp3) is 0.267. The topological polar surface area (TPSA) is 38.3 Å². The molecule has 1 aromatic heterocycles. The normalized spacial score (nSPS) is 13.7. The molecule has 2 aromatic rings. The van der Waals surface area contributed by atoms with E-state index in [0.29, 0.717) is 12.1 Å². The lowest BCUT2D eigenvalue weighted by molar-refractivity contribution is -0.148. The van der Waals surface area contributed by atoms with E-state index < -0.39 is 23.1 Å². The van der Waals surface area contributed by atoms with E-state index >= 15 is 0 Å². The molecular weight excluding hydrogens is 296 g/mol. The molecule has 0 aliphatic rings. The van der Waals surface area contributed by atoms with E-state index in [9.17, 15) is 13.6 Å². The van der Waals surface area contributed by atoms with Crippen molar-refractivity contribution >= 4 is 17.3 Å². The molecule has 1 unspecified atom stereocenters. The van der Waals surface area contributed by atoms with Gasteiger partial charge in [0.25, 0.3) is 0 Å². The molecule has 112 valence electrons. The summed E-state index contributed by atoms with van der Waals surface area (Å²) in [6.45, 7) is 2.00. The monoisotopic (exact) mass is 311 g/mol. The molecule has 1 heterocycles. The summed E-state index contributed by atoms with van der Waals surface area (Å²) in [4.78, 5) is 13.1. The Morgan fingerprint density at radius 2 is 2.10 bits per heavy atom. The van der Waals surface area contributed by atoms with E-state index in [1.54, 1.807) is 6.92 Å². The van der Waals surface area contributed by atoms with Crippen molar-refractivity contribution in [2.75, 3.05) is 7.11 Å². The fourth-order valence-electron chi connectivity index (χ4n) is 1.98. The third-order valence-electron chi connectivity index (χ3n) is 3.29. The number of hydrogen-bond acceptors (Lipinski definition) is 4. The molecule has 1 N–H and O–H groups in total. The van der Waals surface area contributed by atoms with Crippen LogP contribution in [0, 0.1) is 11.6 Å². The smallest absolute Gasteiger partial charge is 0.330 e. The zero-order valence-corrected chi connectivity index (χ0v) is 12.5. The predicted octanol–water partition coefficient (Wildman–Crippen LogP) is 3.20. The second-order valence-electron chi connectivity index (χ2n) is 4.68. The molecular formula is C15H15F2NO2S. The summed E-state index contributed by atoms with van der Waals surface area (Å²) < 4.78 is 31.3. The molecule has 3 nitrogen and oxygen atoms in total. The second-order valence-corrected chi connectivity index (χ2v) is 5.71. The summed E-state index contributed by atoms with van der Waals surface area (Å²) in [7, 11) is 1.26. The zero-order chi connectivity index (χ0) is 15.5. The SMILES string of the molecule is COC(=O)C(C)(NCc1cccs1)c1ccc(F)c(F)c1. The van der Waals surface area contributed by atoms with Crippen LogP contribution in [0.1, 0.15) is 17.4 Å². The number of methoxy groups -OCH3 is 1. The Labute approximate surface area is 125 Å². The van der Waals surface area contributed by atoms with Crippen LogP contribution in [0.25, 0.3) is 0 Å². The largest absolute Gasteiger partial charge is 0.467 e. The number of halogens is 2. The molecule has 21 heavy (non-hydrogen) atoms. The summed E-state index contributed by atoms with van der Waals surface area (Å²) in [5.74, 6) is -2.52. The van der Waals surface area contributed by atoms with Crippen molar-refractivity contribution < 1.29 is 18.3 Å². The van der Waals surface area contributed by atoms with Gasteiger partial charge in [0.2, 0.25) is 0 Å². The molecule has 0 saturated heterocycles. The van der Waals surface area contributed by atoms with Crippen molar-refractivity contribution in [2.24, 2.45) is 0 Å². The number of carbonyl (C=O) groups excluding carboxylic acids is 1. The van der Waals surface area contributed by atoms with Crippen molar-refractivity contribution in [1.29, 1.82) is 0 Å².